The summed E-state index contributed by atoms with van der Waals surface area (Å²) in [5.74, 6) is 0.505. The topological polar surface area (TPSA) is 36.4 Å². The molecule has 1 unspecified atom stereocenters. The van der Waals surface area contributed by atoms with E-state index in [4.69, 9.17) is 0 Å². The Balaban J connectivity index is 1.87. The van der Waals surface area contributed by atoms with E-state index in [2.05, 4.69) is 23.9 Å². The maximum atomic E-state index is 12.2. The number of nitrogens with zero attached hydrogens (tertiary/aromatic N) is 3. The average Bonchev–Trinajstić information content (AvgIpc) is 2.40. The fraction of sp³-hybridized carbons (Fsp3) is 0.571. The number of carbonyl (C=O) groups is 1. The van der Waals surface area contributed by atoms with Crippen molar-refractivity contribution in [2.45, 2.75) is 19.3 Å². The van der Waals surface area contributed by atoms with Crippen LogP contribution in [-0.4, -0.2) is 53.9 Å². The fourth-order valence-electron chi connectivity index (χ4n) is 2.23. The highest BCUT2D eigenvalue weighted by atomic mass is 16.2. The summed E-state index contributed by atoms with van der Waals surface area (Å²) in [6.45, 7) is 5.76. The van der Waals surface area contributed by atoms with Crippen LogP contribution in [0.3, 0.4) is 0 Å². The second-order valence-electron chi connectivity index (χ2n) is 5.08. The first-order chi connectivity index (χ1) is 8.66. The van der Waals surface area contributed by atoms with Crippen LogP contribution >= 0.6 is 0 Å². The van der Waals surface area contributed by atoms with Crippen LogP contribution in [0.25, 0.3) is 0 Å². The molecule has 1 fully saturated rings. The summed E-state index contributed by atoms with van der Waals surface area (Å²) in [7, 11) is 2.10. The molecule has 1 saturated heterocycles. The number of hydrogen-bond acceptors (Lipinski definition) is 3. The second-order valence-corrected chi connectivity index (χ2v) is 5.08. The van der Waals surface area contributed by atoms with Crippen LogP contribution in [0, 0.1) is 0 Å². The normalized spacial score (nSPS) is 18.7. The zero-order valence-electron chi connectivity index (χ0n) is 11.2. The minimum atomic E-state index is 0.242. The molecule has 1 aromatic heterocycles. The molecule has 98 valence electrons. The van der Waals surface area contributed by atoms with Gasteiger partial charge in [-0.25, -0.2) is 0 Å². The van der Waals surface area contributed by atoms with Gasteiger partial charge in [-0.05, 0) is 24.6 Å². The van der Waals surface area contributed by atoms with E-state index in [0.29, 0.717) is 6.42 Å². The predicted molar refractivity (Wildman–Crippen MR) is 71.3 cm³/mol. The summed E-state index contributed by atoms with van der Waals surface area (Å²) in [5, 5.41) is 0. The van der Waals surface area contributed by atoms with E-state index in [9.17, 15) is 4.79 Å². The highest BCUT2D eigenvalue weighted by molar-refractivity contribution is 5.77. The fourth-order valence-corrected chi connectivity index (χ4v) is 2.23. The Hall–Kier alpha value is -1.42. The number of aromatic nitrogens is 1. The Bertz CT molecular complexity index is 385. The molecule has 0 N–H and O–H groups in total. The Labute approximate surface area is 109 Å². The van der Waals surface area contributed by atoms with Gasteiger partial charge in [-0.2, -0.15) is 0 Å². The lowest BCUT2D eigenvalue weighted by atomic mass is 9.99. The molecule has 1 amide bonds. The van der Waals surface area contributed by atoms with Crippen LogP contribution in [0.1, 0.15) is 24.8 Å². The van der Waals surface area contributed by atoms with Gasteiger partial charge in [-0.3, -0.25) is 9.78 Å². The Morgan fingerprint density at radius 1 is 1.39 bits per heavy atom. The lowest BCUT2D eigenvalue weighted by Gasteiger charge is -2.33. The van der Waals surface area contributed by atoms with Crippen molar-refractivity contribution < 1.29 is 4.79 Å². The maximum absolute atomic E-state index is 12.2. The third kappa shape index (κ3) is 3.29. The summed E-state index contributed by atoms with van der Waals surface area (Å²) >= 11 is 0. The monoisotopic (exact) mass is 247 g/mol. The van der Waals surface area contributed by atoms with Gasteiger partial charge in [0, 0.05) is 45.0 Å². The van der Waals surface area contributed by atoms with Crippen molar-refractivity contribution in [2.24, 2.45) is 0 Å². The first-order valence-electron chi connectivity index (χ1n) is 6.53. The Morgan fingerprint density at radius 2 is 2.11 bits per heavy atom. The van der Waals surface area contributed by atoms with Gasteiger partial charge >= 0.3 is 0 Å². The summed E-state index contributed by atoms with van der Waals surface area (Å²) in [4.78, 5) is 20.5. The van der Waals surface area contributed by atoms with Gasteiger partial charge in [0.1, 0.15) is 0 Å². The predicted octanol–water partition coefficient (Wildman–Crippen LogP) is 1.35. The molecule has 4 heteroatoms. The molecule has 0 aromatic carbocycles. The zero-order valence-corrected chi connectivity index (χ0v) is 11.2. The number of carbonyl (C=O) groups excluding carboxylic acids is 1. The SMILES string of the molecule is CC(CC(=O)N1CCN(C)CC1)c1cccnc1. The number of pyridine rings is 1. The van der Waals surface area contributed by atoms with Gasteiger partial charge in [0.05, 0.1) is 0 Å². The van der Waals surface area contributed by atoms with Crippen molar-refractivity contribution in [1.29, 1.82) is 0 Å². The quantitative estimate of drug-likeness (QED) is 0.809. The smallest absolute Gasteiger partial charge is 0.223 e. The van der Waals surface area contributed by atoms with Gasteiger partial charge in [0.25, 0.3) is 0 Å². The highest BCUT2D eigenvalue weighted by Gasteiger charge is 2.21. The zero-order chi connectivity index (χ0) is 13.0. The van der Waals surface area contributed by atoms with Gasteiger partial charge in [0.15, 0.2) is 0 Å². The van der Waals surface area contributed by atoms with Crippen LogP contribution in [-0.2, 0) is 4.79 Å². The number of piperazine rings is 1. The minimum absolute atomic E-state index is 0.242. The summed E-state index contributed by atoms with van der Waals surface area (Å²) < 4.78 is 0. The molecule has 0 spiro atoms. The van der Waals surface area contributed by atoms with E-state index in [1.165, 1.54) is 0 Å². The van der Waals surface area contributed by atoms with E-state index in [1.807, 2.05) is 23.2 Å². The first-order valence-corrected chi connectivity index (χ1v) is 6.53. The van der Waals surface area contributed by atoms with E-state index >= 15 is 0 Å². The van der Waals surface area contributed by atoms with Crippen LogP contribution in [0.2, 0.25) is 0 Å². The third-order valence-electron chi connectivity index (χ3n) is 3.59. The molecule has 0 aliphatic carbocycles. The van der Waals surface area contributed by atoms with E-state index in [1.54, 1.807) is 6.20 Å². The number of hydrogen-bond donors (Lipinski definition) is 0. The highest BCUT2D eigenvalue weighted by Crippen LogP contribution is 2.19. The van der Waals surface area contributed by atoms with Crippen molar-refractivity contribution in [3.05, 3.63) is 30.1 Å². The summed E-state index contributed by atoms with van der Waals surface area (Å²) in [5.41, 5.74) is 1.14. The lowest BCUT2D eigenvalue weighted by molar-refractivity contribution is -0.133. The molecule has 1 atom stereocenters. The molecule has 18 heavy (non-hydrogen) atoms. The standard InChI is InChI=1S/C14H21N3O/c1-12(13-4-3-5-15-11-13)10-14(18)17-8-6-16(2)7-9-17/h3-5,11-12H,6-10H2,1-2H3. The van der Waals surface area contributed by atoms with Crippen molar-refractivity contribution in [3.63, 3.8) is 0 Å². The minimum Gasteiger partial charge on any atom is -0.340 e. The van der Waals surface area contributed by atoms with Crippen molar-refractivity contribution >= 4 is 5.91 Å². The first kappa shape index (κ1) is 13.0. The number of rotatable bonds is 3. The van der Waals surface area contributed by atoms with Gasteiger partial charge in [-0.1, -0.05) is 13.0 Å². The van der Waals surface area contributed by atoms with Crippen molar-refractivity contribution in [1.82, 2.24) is 14.8 Å². The summed E-state index contributed by atoms with van der Waals surface area (Å²) in [6, 6.07) is 3.96. The molecule has 0 radical (unpaired) electrons. The van der Waals surface area contributed by atoms with Gasteiger partial charge in [-0.15, -0.1) is 0 Å². The number of amides is 1. The van der Waals surface area contributed by atoms with E-state index in [0.717, 1.165) is 31.7 Å². The molecular weight excluding hydrogens is 226 g/mol. The third-order valence-corrected chi connectivity index (χ3v) is 3.59. The molecule has 0 bridgehead atoms. The second kappa shape index (κ2) is 5.96. The van der Waals surface area contributed by atoms with Crippen molar-refractivity contribution in [2.75, 3.05) is 33.2 Å². The Kier molecular flexibility index (Phi) is 4.31. The Morgan fingerprint density at radius 3 is 2.72 bits per heavy atom. The molecular formula is C14H21N3O. The van der Waals surface area contributed by atoms with E-state index < -0.39 is 0 Å². The van der Waals surface area contributed by atoms with Crippen LogP contribution in [0.5, 0.6) is 0 Å². The molecule has 1 aliphatic heterocycles. The summed E-state index contributed by atoms with van der Waals surface area (Å²) in [6.07, 6.45) is 4.19. The lowest BCUT2D eigenvalue weighted by Crippen LogP contribution is -2.47. The largest absolute Gasteiger partial charge is 0.340 e. The van der Waals surface area contributed by atoms with Gasteiger partial charge in [0.2, 0.25) is 5.91 Å². The maximum Gasteiger partial charge on any atom is 0.223 e. The molecule has 2 heterocycles. The molecule has 1 aliphatic rings. The van der Waals surface area contributed by atoms with Gasteiger partial charge < -0.3 is 9.80 Å². The van der Waals surface area contributed by atoms with Crippen LogP contribution in [0.15, 0.2) is 24.5 Å². The molecule has 2 rings (SSSR count). The van der Waals surface area contributed by atoms with Crippen LogP contribution < -0.4 is 0 Å². The number of likely N-dealkylation sites (N-methyl/N-ethyl adjacent to an activating group) is 1. The van der Waals surface area contributed by atoms with E-state index in [-0.39, 0.29) is 11.8 Å². The molecule has 4 nitrogen and oxygen atoms in total. The molecule has 1 aromatic rings. The molecule has 0 saturated carbocycles. The van der Waals surface area contributed by atoms with Crippen LogP contribution in [0.4, 0.5) is 0 Å². The average molecular weight is 247 g/mol. The van der Waals surface area contributed by atoms with Crippen molar-refractivity contribution in [3.8, 4) is 0 Å².